The number of nitrogens with zero attached hydrogens (tertiary/aromatic N) is 3. The molecule has 1 heterocycles. The molecule has 0 spiro atoms. The highest BCUT2D eigenvalue weighted by atomic mass is 32.2. The second-order valence-electron chi connectivity index (χ2n) is 5.32. The second-order valence-corrected chi connectivity index (χ2v) is 8.53. The predicted molar refractivity (Wildman–Crippen MR) is 107 cm³/mol. The number of carbonyl (C=O) groups is 1. The molecule has 0 saturated heterocycles. The molecular weight excluding hydrogens is 384 g/mol. The Morgan fingerprint density at radius 2 is 2.08 bits per heavy atom. The average molecular weight is 399 g/mol. The van der Waals surface area contributed by atoms with Crippen molar-refractivity contribution in [1.82, 2.24) is 9.78 Å². The molecule has 0 aliphatic heterocycles. The van der Waals surface area contributed by atoms with E-state index in [0.29, 0.717) is 15.2 Å². The third kappa shape index (κ3) is 4.38. The lowest BCUT2D eigenvalue weighted by molar-refractivity contribution is -0.115. The molecule has 0 bridgehead atoms. The SMILES string of the molecule is CC(Sc1nn(-c2ccccc2)c(=S)s1)C(=O)Nc1cccc(C#N)c1. The highest BCUT2D eigenvalue weighted by Gasteiger charge is 2.17. The van der Waals surface area contributed by atoms with Crippen molar-refractivity contribution in [3.8, 4) is 11.8 Å². The summed E-state index contributed by atoms with van der Waals surface area (Å²) in [4.78, 5) is 12.4. The van der Waals surface area contributed by atoms with Crippen molar-refractivity contribution in [2.75, 3.05) is 5.32 Å². The molecule has 1 N–H and O–H groups in total. The normalized spacial score (nSPS) is 11.5. The van der Waals surface area contributed by atoms with Crippen LogP contribution in [0.3, 0.4) is 0 Å². The first kappa shape index (κ1) is 18.3. The van der Waals surface area contributed by atoms with Crippen LogP contribution in [0.1, 0.15) is 12.5 Å². The molecule has 0 saturated carbocycles. The maximum Gasteiger partial charge on any atom is 0.237 e. The van der Waals surface area contributed by atoms with E-state index in [4.69, 9.17) is 17.5 Å². The van der Waals surface area contributed by atoms with Gasteiger partial charge in [-0.1, -0.05) is 47.4 Å². The van der Waals surface area contributed by atoms with Crippen molar-refractivity contribution < 1.29 is 4.79 Å². The van der Waals surface area contributed by atoms with Gasteiger partial charge in [0.25, 0.3) is 0 Å². The van der Waals surface area contributed by atoms with Gasteiger partial charge in [-0.05, 0) is 49.5 Å². The van der Waals surface area contributed by atoms with Crippen molar-refractivity contribution in [2.45, 2.75) is 16.5 Å². The minimum atomic E-state index is -0.356. The van der Waals surface area contributed by atoms with Gasteiger partial charge in [-0.25, -0.2) is 4.68 Å². The van der Waals surface area contributed by atoms with Crippen LogP contribution in [0.15, 0.2) is 58.9 Å². The molecule has 1 aromatic heterocycles. The van der Waals surface area contributed by atoms with Gasteiger partial charge in [-0.3, -0.25) is 4.79 Å². The molecule has 1 atom stereocenters. The van der Waals surface area contributed by atoms with E-state index in [9.17, 15) is 4.79 Å². The van der Waals surface area contributed by atoms with Gasteiger partial charge in [0, 0.05) is 5.69 Å². The summed E-state index contributed by atoms with van der Waals surface area (Å²) in [5.74, 6) is -0.155. The largest absolute Gasteiger partial charge is 0.325 e. The maximum absolute atomic E-state index is 12.4. The van der Waals surface area contributed by atoms with Crippen molar-refractivity contribution >= 4 is 46.9 Å². The number of rotatable bonds is 5. The number of carbonyl (C=O) groups excluding carboxylic acids is 1. The van der Waals surface area contributed by atoms with Crippen molar-refractivity contribution in [2.24, 2.45) is 0 Å². The monoisotopic (exact) mass is 398 g/mol. The summed E-state index contributed by atoms with van der Waals surface area (Å²) in [6, 6.07) is 18.5. The fourth-order valence-electron chi connectivity index (χ4n) is 2.16. The van der Waals surface area contributed by atoms with E-state index in [1.54, 1.807) is 28.9 Å². The summed E-state index contributed by atoms with van der Waals surface area (Å²) in [5, 5.41) is 15.9. The van der Waals surface area contributed by atoms with Crippen LogP contribution in [0.2, 0.25) is 0 Å². The standard InChI is InChI=1S/C18H14N4OS3/c1-12(16(23)20-14-7-5-6-13(10-14)11-19)25-17-21-22(18(24)26-17)15-8-3-2-4-9-15/h2-10,12H,1H3,(H,20,23). The topological polar surface area (TPSA) is 70.7 Å². The Morgan fingerprint density at radius 1 is 1.31 bits per heavy atom. The number of thioether (sulfide) groups is 1. The van der Waals surface area contributed by atoms with E-state index in [1.165, 1.54) is 23.1 Å². The van der Waals surface area contributed by atoms with E-state index in [1.807, 2.05) is 37.3 Å². The average Bonchev–Trinajstić information content (AvgIpc) is 3.02. The molecule has 26 heavy (non-hydrogen) atoms. The van der Waals surface area contributed by atoms with Gasteiger partial charge >= 0.3 is 0 Å². The van der Waals surface area contributed by atoms with Gasteiger partial charge in [0.15, 0.2) is 8.29 Å². The van der Waals surface area contributed by atoms with E-state index >= 15 is 0 Å². The zero-order valence-corrected chi connectivity index (χ0v) is 16.2. The number of benzene rings is 2. The molecule has 0 radical (unpaired) electrons. The first-order valence-electron chi connectivity index (χ1n) is 7.70. The van der Waals surface area contributed by atoms with E-state index < -0.39 is 0 Å². The van der Waals surface area contributed by atoms with Crippen LogP contribution in [0.4, 0.5) is 5.69 Å². The third-order valence-corrected chi connectivity index (χ3v) is 5.85. The lowest BCUT2D eigenvalue weighted by Crippen LogP contribution is -2.22. The molecule has 1 unspecified atom stereocenters. The molecule has 130 valence electrons. The third-order valence-electron chi connectivity index (χ3n) is 3.44. The number of anilines is 1. The first-order valence-corrected chi connectivity index (χ1v) is 9.80. The molecule has 8 heteroatoms. The number of nitriles is 1. The van der Waals surface area contributed by atoms with Gasteiger partial charge in [0.05, 0.1) is 22.6 Å². The number of hydrogen-bond acceptors (Lipinski definition) is 6. The first-order chi connectivity index (χ1) is 12.6. The minimum Gasteiger partial charge on any atom is -0.325 e. The Kier molecular flexibility index (Phi) is 5.83. The van der Waals surface area contributed by atoms with E-state index in [0.717, 1.165) is 10.0 Å². The van der Waals surface area contributed by atoms with Gasteiger partial charge in [0.2, 0.25) is 5.91 Å². The van der Waals surface area contributed by atoms with Crippen LogP contribution in [0.25, 0.3) is 5.69 Å². The summed E-state index contributed by atoms with van der Waals surface area (Å²) in [7, 11) is 0. The van der Waals surface area contributed by atoms with Crippen LogP contribution >= 0.6 is 35.3 Å². The highest BCUT2D eigenvalue weighted by molar-refractivity contribution is 8.02. The van der Waals surface area contributed by atoms with E-state index in [-0.39, 0.29) is 11.2 Å². The molecule has 0 aliphatic carbocycles. The number of hydrogen-bond donors (Lipinski definition) is 1. The van der Waals surface area contributed by atoms with Crippen molar-refractivity contribution in [1.29, 1.82) is 5.26 Å². The van der Waals surface area contributed by atoms with Gasteiger partial charge < -0.3 is 5.32 Å². The second kappa shape index (κ2) is 8.27. The zero-order chi connectivity index (χ0) is 18.5. The number of aromatic nitrogens is 2. The molecule has 0 fully saturated rings. The Bertz CT molecular complexity index is 1020. The summed E-state index contributed by atoms with van der Waals surface area (Å²) >= 11 is 8.11. The Morgan fingerprint density at radius 3 is 2.81 bits per heavy atom. The summed E-state index contributed by atoms with van der Waals surface area (Å²) in [6.07, 6.45) is 0. The fourth-order valence-corrected chi connectivity index (χ4v) is 4.66. The van der Waals surface area contributed by atoms with Crippen molar-refractivity contribution in [3.63, 3.8) is 0 Å². The van der Waals surface area contributed by atoms with Gasteiger partial charge in [0.1, 0.15) is 0 Å². The molecule has 5 nitrogen and oxygen atoms in total. The van der Waals surface area contributed by atoms with E-state index in [2.05, 4.69) is 16.5 Å². The van der Waals surface area contributed by atoms with Gasteiger partial charge in [-0.15, -0.1) is 5.10 Å². The number of para-hydroxylation sites is 1. The van der Waals surface area contributed by atoms with Crippen LogP contribution in [-0.2, 0) is 4.79 Å². The van der Waals surface area contributed by atoms with Crippen LogP contribution in [0, 0.1) is 15.3 Å². The van der Waals surface area contributed by atoms with Gasteiger partial charge in [-0.2, -0.15) is 5.26 Å². The molecule has 2 aromatic carbocycles. The summed E-state index contributed by atoms with van der Waals surface area (Å²) < 4.78 is 3.06. The predicted octanol–water partition coefficient (Wildman–Crippen LogP) is 4.65. The molecule has 0 aliphatic rings. The maximum atomic E-state index is 12.4. The number of nitrogens with one attached hydrogen (secondary N) is 1. The molecular formula is C18H14N4OS3. The fraction of sp³-hybridized carbons (Fsp3) is 0.111. The lowest BCUT2D eigenvalue weighted by atomic mass is 10.2. The number of amides is 1. The summed E-state index contributed by atoms with van der Waals surface area (Å²) in [5.41, 5.74) is 2.00. The Hall–Kier alpha value is -2.47. The quantitative estimate of drug-likeness (QED) is 0.500. The smallest absolute Gasteiger partial charge is 0.237 e. The lowest BCUT2D eigenvalue weighted by Gasteiger charge is -2.10. The molecule has 1 amide bonds. The van der Waals surface area contributed by atoms with Crippen molar-refractivity contribution in [3.05, 3.63) is 64.1 Å². The zero-order valence-electron chi connectivity index (χ0n) is 13.7. The molecule has 3 aromatic rings. The Balaban J connectivity index is 1.70. The molecule has 3 rings (SSSR count). The Labute approximate surface area is 164 Å². The summed E-state index contributed by atoms with van der Waals surface area (Å²) in [6.45, 7) is 1.81. The highest BCUT2D eigenvalue weighted by Crippen LogP contribution is 2.28. The minimum absolute atomic E-state index is 0.155. The van der Waals surface area contributed by atoms with Crippen LogP contribution < -0.4 is 5.32 Å². The van der Waals surface area contributed by atoms with Crippen LogP contribution in [0.5, 0.6) is 0 Å². The van der Waals surface area contributed by atoms with Crippen LogP contribution in [-0.4, -0.2) is 20.9 Å².